The lowest BCUT2D eigenvalue weighted by Gasteiger charge is -2.29. The Morgan fingerprint density at radius 2 is 1.61 bits per heavy atom. The number of ether oxygens (including phenoxy) is 1. The Kier molecular flexibility index (Phi) is 5.76. The number of hydrogen-bond donors (Lipinski definition) is 1. The first-order chi connectivity index (χ1) is 15.3. The summed E-state index contributed by atoms with van der Waals surface area (Å²) in [7, 11) is 0. The molecule has 5 rings (SSSR count). The van der Waals surface area contributed by atoms with E-state index in [0.717, 1.165) is 30.5 Å². The molecule has 0 radical (unpaired) electrons. The van der Waals surface area contributed by atoms with E-state index in [-0.39, 0.29) is 5.92 Å². The molecular formula is C26H28N4O. The molecule has 5 heteroatoms. The highest BCUT2D eigenvalue weighted by Crippen LogP contribution is 2.45. The van der Waals surface area contributed by atoms with Crippen LogP contribution >= 0.6 is 0 Å². The monoisotopic (exact) mass is 412 g/mol. The summed E-state index contributed by atoms with van der Waals surface area (Å²) in [6.07, 6.45) is 5.88. The van der Waals surface area contributed by atoms with Crippen LogP contribution in [0.25, 0.3) is 0 Å². The topological polar surface area (TPSA) is 72.9 Å². The number of nitrogens with two attached hydrogens (primary N) is 1. The number of rotatable bonds is 7. The van der Waals surface area contributed by atoms with Crippen LogP contribution in [0.1, 0.15) is 60.6 Å². The van der Waals surface area contributed by atoms with Crippen molar-refractivity contribution in [2.75, 3.05) is 12.3 Å². The highest BCUT2D eigenvalue weighted by molar-refractivity contribution is 5.70. The van der Waals surface area contributed by atoms with Crippen molar-refractivity contribution in [3.05, 3.63) is 83.4 Å². The highest BCUT2D eigenvalue weighted by Gasteiger charge is 2.26. The zero-order valence-electron chi connectivity index (χ0n) is 17.7. The SMILES string of the molecule is Nc1cc(C(CCOC2CCC(c3ccccc3)CC2)c2ccccc2)c2c(n1)N=N2. The Morgan fingerprint density at radius 3 is 2.29 bits per heavy atom. The van der Waals surface area contributed by atoms with Crippen molar-refractivity contribution in [3.63, 3.8) is 0 Å². The second-order valence-corrected chi connectivity index (χ2v) is 8.52. The van der Waals surface area contributed by atoms with Gasteiger partial charge in [-0.3, -0.25) is 0 Å². The molecule has 1 aliphatic carbocycles. The van der Waals surface area contributed by atoms with E-state index in [2.05, 4.69) is 69.8 Å². The third-order valence-corrected chi connectivity index (χ3v) is 6.55. The first kappa shape index (κ1) is 19.9. The molecular weight excluding hydrogens is 384 g/mol. The zero-order valence-corrected chi connectivity index (χ0v) is 17.7. The molecule has 1 aliphatic heterocycles. The minimum atomic E-state index is 0.167. The molecule has 0 amide bonds. The Morgan fingerprint density at radius 1 is 0.903 bits per heavy atom. The van der Waals surface area contributed by atoms with E-state index in [4.69, 9.17) is 10.5 Å². The summed E-state index contributed by atoms with van der Waals surface area (Å²) in [4.78, 5) is 4.27. The number of aromatic nitrogens is 1. The fourth-order valence-corrected chi connectivity index (χ4v) is 4.88. The summed E-state index contributed by atoms with van der Waals surface area (Å²) in [5.74, 6) is 1.98. The van der Waals surface area contributed by atoms with Crippen LogP contribution in [0.4, 0.5) is 17.3 Å². The van der Waals surface area contributed by atoms with Gasteiger partial charge in [-0.05, 0) is 60.8 Å². The molecule has 0 spiro atoms. The molecule has 1 aromatic heterocycles. The molecule has 1 saturated carbocycles. The van der Waals surface area contributed by atoms with Crippen LogP contribution < -0.4 is 5.73 Å². The molecule has 1 fully saturated rings. The van der Waals surface area contributed by atoms with Gasteiger partial charge < -0.3 is 10.5 Å². The molecule has 2 aromatic carbocycles. The normalized spacial score (nSPS) is 20.6. The quantitative estimate of drug-likeness (QED) is 0.369. The number of nitrogens with zero attached hydrogens (tertiary/aromatic N) is 3. The van der Waals surface area contributed by atoms with Gasteiger partial charge in [0.1, 0.15) is 11.5 Å². The number of benzene rings is 2. The summed E-state index contributed by atoms with van der Waals surface area (Å²) in [6, 6.07) is 23.3. The number of nitrogen functional groups attached to an aromatic ring is 1. The lowest BCUT2D eigenvalue weighted by atomic mass is 9.82. The summed E-state index contributed by atoms with van der Waals surface area (Å²) in [5.41, 5.74) is 10.7. The number of hydrogen-bond acceptors (Lipinski definition) is 5. The first-order valence-electron chi connectivity index (χ1n) is 11.2. The Labute approximate surface area is 183 Å². The predicted molar refractivity (Wildman–Crippen MR) is 123 cm³/mol. The van der Waals surface area contributed by atoms with E-state index in [0.29, 0.717) is 30.3 Å². The first-order valence-corrected chi connectivity index (χ1v) is 11.2. The maximum Gasteiger partial charge on any atom is 0.204 e. The van der Waals surface area contributed by atoms with Crippen molar-refractivity contribution < 1.29 is 4.74 Å². The van der Waals surface area contributed by atoms with E-state index in [1.54, 1.807) is 0 Å². The Balaban J connectivity index is 1.23. The van der Waals surface area contributed by atoms with Gasteiger partial charge in [0.25, 0.3) is 0 Å². The number of azo groups is 1. The van der Waals surface area contributed by atoms with Gasteiger partial charge in [0.05, 0.1) is 6.10 Å². The maximum atomic E-state index is 6.36. The van der Waals surface area contributed by atoms with Crippen molar-refractivity contribution in [1.82, 2.24) is 4.98 Å². The van der Waals surface area contributed by atoms with Crippen LogP contribution in [0, 0.1) is 0 Å². The molecule has 2 heterocycles. The van der Waals surface area contributed by atoms with Gasteiger partial charge in [-0.25, -0.2) is 4.98 Å². The Hall–Kier alpha value is -3.05. The third kappa shape index (κ3) is 4.37. The fraction of sp³-hybridized carbons (Fsp3) is 0.346. The molecule has 0 bridgehead atoms. The van der Waals surface area contributed by atoms with Gasteiger partial charge in [-0.1, -0.05) is 60.7 Å². The van der Waals surface area contributed by atoms with E-state index in [9.17, 15) is 0 Å². The molecule has 2 N–H and O–H groups in total. The Bertz CT molecular complexity index is 1040. The minimum Gasteiger partial charge on any atom is -0.384 e. The van der Waals surface area contributed by atoms with Crippen LogP contribution in [0.15, 0.2) is 77.0 Å². The molecule has 1 unspecified atom stereocenters. The molecule has 1 atom stereocenters. The average Bonchev–Trinajstić information content (AvgIpc) is 2.80. The standard InChI is InChI=1S/C26H28N4O/c27-24-17-23(25-26(28-24)30-29-25)22(20-9-5-2-6-10-20)15-16-31-21-13-11-19(12-14-21)18-7-3-1-4-8-18/h1-10,17,19,21-22H,11-16H2,(H2,27,28,30). The van der Waals surface area contributed by atoms with Gasteiger partial charge in [-0.2, -0.15) is 0 Å². The van der Waals surface area contributed by atoms with Crippen LogP contribution in [-0.2, 0) is 4.74 Å². The second kappa shape index (κ2) is 8.98. The van der Waals surface area contributed by atoms with E-state index in [1.807, 2.05) is 12.1 Å². The number of anilines is 1. The molecule has 0 saturated heterocycles. The molecule has 5 nitrogen and oxygen atoms in total. The van der Waals surface area contributed by atoms with Gasteiger partial charge in [0.15, 0.2) is 0 Å². The van der Waals surface area contributed by atoms with Crippen LogP contribution in [0.5, 0.6) is 0 Å². The maximum absolute atomic E-state index is 6.36. The van der Waals surface area contributed by atoms with Crippen LogP contribution in [0.3, 0.4) is 0 Å². The molecule has 158 valence electrons. The lowest BCUT2D eigenvalue weighted by Crippen LogP contribution is -2.22. The van der Waals surface area contributed by atoms with Gasteiger partial charge in [-0.15, -0.1) is 10.2 Å². The molecule has 2 aliphatic rings. The van der Waals surface area contributed by atoms with Crippen LogP contribution in [0.2, 0.25) is 0 Å². The fourth-order valence-electron chi connectivity index (χ4n) is 4.88. The minimum absolute atomic E-state index is 0.167. The second-order valence-electron chi connectivity index (χ2n) is 8.52. The van der Waals surface area contributed by atoms with Crippen molar-refractivity contribution in [3.8, 4) is 0 Å². The molecule has 3 aromatic rings. The van der Waals surface area contributed by atoms with E-state index >= 15 is 0 Å². The van der Waals surface area contributed by atoms with Gasteiger partial charge in [0, 0.05) is 12.5 Å². The van der Waals surface area contributed by atoms with Crippen LogP contribution in [-0.4, -0.2) is 17.7 Å². The van der Waals surface area contributed by atoms with Crippen molar-refractivity contribution in [2.45, 2.75) is 50.0 Å². The average molecular weight is 413 g/mol. The summed E-state index contributed by atoms with van der Waals surface area (Å²) >= 11 is 0. The number of pyridine rings is 1. The summed E-state index contributed by atoms with van der Waals surface area (Å²) in [5, 5.41) is 8.24. The van der Waals surface area contributed by atoms with Crippen molar-refractivity contribution in [2.24, 2.45) is 10.2 Å². The zero-order chi connectivity index (χ0) is 21.0. The summed E-state index contributed by atoms with van der Waals surface area (Å²) in [6.45, 7) is 0.717. The van der Waals surface area contributed by atoms with Crippen molar-refractivity contribution in [1.29, 1.82) is 0 Å². The van der Waals surface area contributed by atoms with Crippen molar-refractivity contribution >= 4 is 17.3 Å². The largest absolute Gasteiger partial charge is 0.384 e. The van der Waals surface area contributed by atoms with E-state index in [1.165, 1.54) is 24.0 Å². The lowest BCUT2D eigenvalue weighted by molar-refractivity contribution is 0.0221. The third-order valence-electron chi connectivity index (χ3n) is 6.55. The molecule has 31 heavy (non-hydrogen) atoms. The summed E-state index contributed by atoms with van der Waals surface area (Å²) < 4.78 is 6.36. The highest BCUT2D eigenvalue weighted by atomic mass is 16.5. The van der Waals surface area contributed by atoms with E-state index < -0.39 is 0 Å². The number of fused-ring (bicyclic) bond motifs is 1. The predicted octanol–water partition coefficient (Wildman–Crippen LogP) is 6.66. The van der Waals surface area contributed by atoms with Gasteiger partial charge >= 0.3 is 0 Å². The smallest absolute Gasteiger partial charge is 0.204 e. The van der Waals surface area contributed by atoms with Gasteiger partial charge in [0.2, 0.25) is 5.82 Å².